The predicted molar refractivity (Wildman–Crippen MR) is 66.3 cm³/mol. The molecule has 0 saturated carbocycles. The van der Waals surface area contributed by atoms with Gasteiger partial charge in [-0.05, 0) is 18.1 Å². The fourth-order valence-corrected chi connectivity index (χ4v) is 1.52. The molecule has 106 valence electrons. The van der Waals surface area contributed by atoms with Gasteiger partial charge in [0.2, 0.25) is 0 Å². The molecule has 2 N–H and O–H groups in total. The summed E-state index contributed by atoms with van der Waals surface area (Å²) in [6.07, 6.45) is 0. The van der Waals surface area contributed by atoms with Gasteiger partial charge in [-0.2, -0.15) is 8.78 Å². The van der Waals surface area contributed by atoms with E-state index in [1.807, 2.05) is 13.8 Å². The molecule has 4 nitrogen and oxygen atoms in total. The lowest BCUT2D eigenvalue weighted by molar-refractivity contribution is -0.0501. The minimum absolute atomic E-state index is 0.0156. The van der Waals surface area contributed by atoms with Crippen molar-refractivity contribution in [1.29, 1.82) is 0 Å². The normalized spacial score (nSPS) is 12.6. The molecule has 0 aliphatic carbocycles. The minimum Gasteiger partial charge on any atom is -0.434 e. The molecule has 1 unspecified atom stereocenters. The zero-order valence-electron chi connectivity index (χ0n) is 10.8. The van der Waals surface area contributed by atoms with E-state index in [9.17, 15) is 13.6 Å². The van der Waals surface area contributed by atoms with Gasteiger partial charge >= 0.3 is 6.61 Å². The van der Waals surface area contributed by atoms with Crippen molar-refractivity contribution in [2.45, 2.75) is 26.5 Å². The first-order valence-corrected chi connectivity index (χ1v) is 5.91. The van der Waals surface area contributed by atoms with Crippen LogP contribution >= 0.6 is 0 Å². The van der Waals surface area contributed by atoms with Crippen LogP contribution in [0.1, 0.15) is 24.2 Å². The van der Waals surface area contributed by atoms with Crippen LogP contribution in [0.25, 0.3) is 0 Å². The molecular formula is C13H17F2NO3. The van der Waals surface area contributed by atoms with Gasteiger partial charge in [0, 0.05) is 0 Å². The molecule has 1 aromatic carbocycles. The number of hydrogen-bond donors (Lipinski definition) is 2. The number of carbonyl (C=O) groups excluding carboxylic acids is 1. The first kappa shape index (κ1) is 15.4. The SMILES string of the molecule is CC(C)C(CO)NC(=O)c1ccccc1OC(F)F. The highest BCUT2D eigenvalue weighted by Gasteiger charge is 2.19. The highest BCUT2D eigenvalue weighted by atomic mass is 19.3. The number of halogens is 2. The number of aliphatic hydroxyl groups is 1. The summed E-state index contributed by atoms with van der Waals surface area (Å²) >= 11 is 0. The minimum atomic E-state index is -2.99. The monoisotopic (exact) mass is 273 g/mol. The van der Waals surface area contributed by atoms with Crippen molar-refractivity contribution in [1.82, 2.24) is 5.32 Å². The van der Waals surface area contributed by atoms with Gasteiger partial charge in [0.25, 0.3) is 5.91 Å². The number of ether oxygens (including phenoxy) is 1. The summed E-state index contributed by atoms with van der Waals surface area (Å²) in [6, 6.07) is 5.30. The first-order valence-electron chi connectivity index (χ1n) is 5.91. The van der Waals surface area contributed by atoms with Gasteiger partial charge in [0.05, 0.1) is 18.2 Å². The number of amides is 1. The Bertz CT molecular complexity index is 424. The highest BCUT2D eigenvalue weighted by molar-refractivity contribution is 5.97. The fraction of sp³-hybridized carbons (Fsp3) is 0.462. The summed E-state index contributed by atoms with van der Waals surface area (Å²) in [5.41, 5.74) is 0.0156. The van der Waals surface area contributed by atoms with Crippen molar-refractivity contribution in [3.8, 4) is 5.75 Å². The maximum Gasteiger partial charge on any atom is 0.387 e. The molecule has 0 saturated heterocycles. The van der Waals surface area contributed by atoms with Gasteiger partial charge < -0.3 is 15.2 Å². The average molecular weight is 273 g/mol. The van der Waals surface area contributed by atoms with E-state index in [2.05, 4.69) is 10.1 Å². The van der Waals surface area contributed by atoms with Gasteiger partial charge in [0.15, 0.2) is 0 Å². The van der Waals surface area contributed by atoms with Gasteiger partial charge in [-0.15, -0.1) is 0 Å². The molecule has 19 heavy (non-hydrogen) atoms. The summed E-state index contributed by atoms with van der Waals surface area (Å²) in [6.45, 7) is 0.458. The topological polar surface area (TPSA) is 58.6 Å². The molecule has 0 aromatic heterocycles. The van der Waals surface area contributed by atoms with Gasteiger partial charge in [-0.3, -0.25) is 4.79 Å². The fourth-order valence-electron chi connectivity index (χ4n) is 1.52. The first-order chi connectivity index (χ1) is 8.95. The Kier molecular flexibility index (Phi) is 5.69. The Morgan fingerprint density at radius 1 is 1.37 bits per heavy atom. The number of alkyl halides is 2. The van der Waals surface area contributed by atoms with Crippen LogP contribution in [0.5, 0.6) is 5.75 Å². The molecule has 1 atom stereocenters. The lowest BCUT2D eigenvalue weighted by Gasteiger charge is -2.20. The number of nitrogens with one attached hydrogen (secondary N) is 1. The van der Waals surface area contributed by atoms with E-state index in [0.29, 0.717) is 0 Å². The number of aliphatic hydroxyl groups excluding tert-OH is 1. The van der Waals surface area contributed by atoms with Crippen LogP contribution < -0.4 is 10.1 Å². The van der Waals surface area contributed by atoms with Gasteiger partial charge in [-0.1, -0.05) is 26.0 Å². The molecule has 1 rings (SSSR count). The van der Waals surface area contributed by atoms with E-state index < -0.39 is 18.6 Å². The van der Waals surface area contributed by atoms with Crippen molar-refractivity contribution in [2.24, 2.45) is 5.92 Å². The number of carbonyl (C=O) groups is 1. The Morgan fingerprint density at radius 2 is 2.00 bits per heavy atom. The molecular weight excluding hydrogens is 256 g/mol. The Balaban J connectivity index is 2.87. The number of para-hydroxylation sites is 1. The highest BCUT2D eigenvalue weighted by Crippen LogP contribution is 2.20. The number of benzene rings is 1. The third-order valence-electron chi connectivity index (χ3n) is 2.67. The van der Waals surface area contributed by atoms with Crippen molar-refractivity contribution < 1.29 is 23.4 Å². The molecule has 0 radical (unpaired) electrons. The van der Waals surface area contributed by atoms with Crippen LogP contribution in [0.4, 0.5) is 8.78 Å². The van der Waals surface area contributed by atoms with Gasteiger partial charge in [0.1, 0.15) is 5.75 Å². The predicted octanol–water partition coefficient (Wildman–Crippen LogP) is 2.03. The second-order valence-electron chi connectivity index (χ2n) is 4.38. The lowest BCUT2D eigenvalue weighted by Crippen LogP contribution is -2.41. The summed E-state index contributed by atoms with van der Waals surface area (Å²) < 4.78 is 28.7. The Hall–Kier alpha value is -1.69. The molecule has 0 aliphatic rings. The maximum absolute atomic E-state index is 12.2. The molecule has 0 heterocycles. The van der Waals surface area contributed by atoms with Crippen LogP contribution in [0, 0.1) is 5.92 Å². The summed E-state index contributed by atoms with van der Waals surface area (Å²) in [5, 5.41) is 11.7. The molecule has 0 spiro atoms. The van der Waals surface area contributed by atoms with E-state index >= 15 is 0 Å². The van der Waals surface area contributed by atoms with Crippen molar-refractivity contribution in [2.75, 3.05) is 6.61 Å². The van der Waals surface area contributed by atoms with Crippen molar-refractivity contribution in [3.05, 3.63) is 29.8 Å². The zero-order valence-corrected chi connectivity index (χ0v) is 10.8. The molecule has 1 aromatic rings. The van der Waals surface area contributed by atoms with Crippen LogP contribution in [-0.4, -0.2) is 30.3 Å². The van der Waals surface area contributed by atoms with Crippen molar-refractivity contribution >= 4 is 5.91 Å². The largest absolute Gasteiger partial charge is 0.434 e. The Labute approximate surface area is 110 Å². The smallest absolute Gasteiger partial charge is 0.387 e. The van der Waals surface area contributed by atoms with Crippen LogP contribution in [-0.2, 0) is 0 Å². The maximum atomic E-state index is 12.2. The van der Waals surface area contributed by atoms with Gasteiger partial charge in [-0.25, -0.2) is 0 Å². The van der Waals surface area contributed by atoms with Crippen LogP contribution in [0.2, 0.25) is 0 Å². The second kappa shape index (κ2) is 7.04. The number of rotatable bonds is 6. The third-order valence-corrected chi connectivity index (χ3v) is 2.67. The van der Waals surface area contributed by atoms with Crippen LogP contribution in [0.15, 0.2) is 24.3 Å². The van der Waals surface area contributed by atoms with E-state index in [0.717, 1.165) is 0 Å². The van der Waals surface area contributed by atoms with Crippen LogP contribution in [0.3, 0.4) is 0 Å². The lowest BCUT2D eigenvalue weighted by atomic mass is 10.0. The van der Waals surface area contributed by atoms with E-state index in [4.69, 9.17) is 5.11 Å². The molecule has 1 amide bonds. The molecule has 0 fully saturated rings. The van der Waals surface area contributed by atoms with E-state index in [1.165, 1.54) is 18.2 Å². The summed E-state index contributed by atoms with van der Waals surface area (Å²) in [5.74, 6) is -0.712. The average Bonchev–Trinajstić information content (AvgIpc) is 2.35. The summed E-state index contributed by atoms with van der Waals surface area (Å²) in [7, 11) is 0. The standard InChI is InChI=1S/C13H17F2NO3/c1-8(2)10(7-17)16-12(18)9-5-3-4-6-11(9)19-13(14)15/h3-6,8,10,13,17H,7H2,1-2H3,(H,16,18). The van der Waals surface area contributed by atoms with E-state index in [-0.39, 0.29) is 23.8 Å². The van der Waals surface area contributed by atoms with E-state index in [1.54, 1.807) is 6.07 Å². The zero-order chi connectivity index (χ0) is 14.4. The third kappa shape index (κ3) is 4.48. The number of hydrogen-bond acceptors (Lipinski definition) is 3. The molecule has 0 aliphatic heterocycles. The Morgan fingerprint density at radius 3 is 2.53 bits per heavy atom. The quantitative estimate of drug-likeness (QED) is 0.833. The van der Waals surface area contributed by atoms with Crippen molar-refractivity contribution in [3.63, 3.8) is 0 Å². The second-order valence-corrected chi connectivity index (χ2v) is 4.38. The summed E-state index contributed by atoms with van der Waals surface area (Å²) in [4.78, 5) is 12.0. The molecule has 0 bridgehead atoms. The molecule has 6 heteroatoms.